The van der Waals surface area contributed by atoms with Gasteiger partial charge in [0, 0.05) is 0 Å². The summed E-state index contributed by atoms with van der Waals surface area (Å²) in [5, 5.41) is 9.22. The molecule has 2 heterocycles. The Kier molecular flexibility index (Phi) is 3.61. The van der Waals surface area contributed by atoms with Crippen LogP contribution in [0.15, 0.2) is 6.07 Å². The monoisotopic (exact) mass is 297 g/mol. The van der Waals surface area contributed by atoms with Crippen molar-refractivity contribution < 1.29 is 19.2 Å². The summed E-state index contributed by atoms with van der Waals surface area (Å²) < 4.78 is 11.8. The lowest BCUT2D eigenvalue weighted by Crippen LogP contribution is -2.41. The number of aromatic carboxylic acids is 1. The van der Waals surface area contributed by atoms with Crippen LogP contribution in [0, 0.1) is 6.92 Å². The molecule has 1 fully saturated rings. The summed E-state index contributed by atoms with van der Waals surface area (Å²) in [6.45, 7) is 9.50. The molecule has 1 aliphatic heterocycles. The van der Waals surface area contributed by atoms with Crippen LogP contribution in [0.5, 0.6) is 0 Å². The van der Waals surface area contributed by atoms with Gasteiger partial charge in [-0.3, -0.25) is 0 Å². The van der Waals surface area contributed by atoms with E-state index in [4.69, 9.17) is 26.0 Å². The number of aromatic nitrogens is 1. The fraction of sp³-hybridized carbons (Fsp3) is 0.538. The minimum atomic E-state index is -1.13. The minimum Gasteiger partial charge on any atom is -0.477 e. The van der Waals surface area contributed by atoms with Gasteiger partial charge in [0.1, 0.15) is 10.8 Å². The molecule has 0 spiro atoms. The van der Waals surface area contributed by atoms with Gasteiger partial charge in [-0.2, -0.15) is 0 Å². The second-order valence-electron chi connectivity index (χ2n) is 5.91. The number of nitrogens with zero attached hydrogens (tertiary/aromatic N) is 1. The molecule has 0 atom stereocenters. The molecule has 1 aromatic heterocycles. The van der Waals surface area contributed by atoms with E-state index in [2.05, 4.69) is 4.98 Å². The highest BCUT2D eigenvalue weighted by atomic mass is 35.5. The molecule has 0 radical (unpaired) electrons. The predicted octanol–water partition coefficient (Wildman–Crippen LogP) is 2.04. The maximum absolute atomic E-state index is 11.1. The molecule has 5 nitrogen and oxygen atoms in total. The van der Waals surface area contributed by atoms with Crippen molar-refractivity contribution in [3.63, 3.8) is 0 Å². The van der Waals surface area contributed by atoms with Crippen LogP contribution in [-0.2, 0) is 9.31 Å². The van der Waals surface area contributed by atoms with Crippen LogP contribution < -0.4 is 5.46 Å². The van der Waals surface area contributed by atoms with Crippen molar-refractivity contribution in [1.82, 2.24) is 4.98 Å². The fourth-order valence-corrected chi connectivity index (χ4v) is 2.12. The zero-order chi connectivity index (χ0) is 15.3. The Balaban J connectivity index is 2.47. The molecule has 108 valence electrons. The zero-order valence-corrected chi connectivity index (χ0v) is 12.9. The van der Waals surface area contributed by atoms with Crippen molar-refractivity contribution in [2.75, 3.05) is 0 Å². The van der Waals surface area contributed by atoms with Crippen LogP contribution in [0.2, 0.25) is 5.15 Å². The van der Waals surface area contributed by atoms with Gasteiger partial charge in [0.25, 0.3) is 0 Å². The summed E-state index contributed by atoms with van der Waals surface area (Å²) >= 11 is 6.00. The normalized spacial score (nSPS) is 20.2. The van der Waals surface area contributed by atoms with E-state index in [0.717, 1.165) is 0 Å². The first-order valence-corrected chi connectivity index (χ1v) is 6.69. The summed E-state index contributed by atoms with van der Waals surface area (Å²) in [4.78, 5) is 14.9. The molecule has 0 unspecified atom stereocenters. The largest absolute Gasteiger partial charge is 0.495 e. The van der Waals surface area contributed by atoms with E-state index in [1.54, 1.807) is 6.92 Å². The number of hydrogen-bond acceptors (Lipinski definition) is 4. The van der Waals surface area contributed by atoms with Crippen LogP contribution in [0.25, 0.3) is 0 Å². The Hall–Kier alpha value is -1.11. The van der Waals surface area contributed by atoms with E-state index in [1.165, 1.54) is 6.07 Å². The lowest BCUT2D eigenvalue weighted by Gasteiger charge is -2.32. The first-order chi connectivity index (χ1) is 9.05. The summed E-state index contributed by atoms with van der Waals surface area (Å²) in [5.41, 5.74) is 0.147. The van der Waals surface area contributed by atoms with E-state index in [9.17, 15) is 4.79 Å². The van der Waals surface area contributed by atoms with Gasteiger partial charge in [-0.15, -0.1) is 0 Å². The molecular weight excluding hydrogens is 280 g/mol. The third kappa shape index (κ3) is 2.43. The van der Waals surface area contributed by atoms with Gasteiger partial charge in [0.2, 0.25) is 0 Å². The Bertz CT molecular complexity index is 558. The number of carboxylic acids is 1. The Morgan fingerprint density at radius 3 is 2.25 bits per heavy atom. The predicted molar refractivity (Wildman–Crippen MR) is 76.7 cm³/mol. The van der Waals surface area contributed by atoms with Gasteiger partial charge in [-0.05, 0) is 51.7 Å². The van der Waals surface area contributed by atoms with Gasteiger partial charge < -0.3 is 14.4 Å². The highest BCUT2D eigenvalue weighted by molar-refractivity contribution is 6.63. The van der Waals surface area contributed by atoms with E-state index in [0.29, 0.717) is 11.0 Å². The number of pyridine rings is 1. The summed E-state index contributed by atoms with van der Waals surface area (Å²) in [6.07, 6.45) is 0. The standard InChI is InChI=1S/C13H17BClNO4/c1-7-8(6-9(11(17)18)16-10(7)15)14-19-12(2,3)13(4,5)20-14/h6H,1-5H3,(H,17,18). The fourth-order valence-electron chi connectivity index (χ4n) is 1.92. The smallest absolute Gasteiger partial charge is 0.477 e. The average Bonchev–Trinajstić information content (AvgIpc) is 2.51. The van der Waals surface area contributed by atoms with Crippen molar-refractivity contribution in [1.29, 1.82) is 0 Å². The van der Waals surface area contributed by atoms with Gasteiger partial charge >= 0.3 is 13.1 Å². The van der Waals surface area contributed by atoms with E-state index >= 15 is 0 Å². The van der Waals surface area contributed by atoms with Crippen molar-refractivity contribution in [3.05, 3.63) is 22.5 Å². The van der Waals surface area contributed by atoms with Crippen molar-refractivity contribution in [2.45, 2.75) is 45.8 Å². The molecule has 0 bridgehead atoms. The highest BCUT2D eigenvalue weighted by Gasteiger charge is 2.52. The Morgan fingerprint density at radius 1 is 1.30 bits per heavy atom. The maximum atomic E-state index is 11.1. The molecule has 7 heteroatoms. The number of rotatable bonds is 2. The minimum absolute atomic E-state index is 0.120. The van der Waals surface area contributed by atoms with Crippen LogP contribution in [0.4, 0.5) is 0 Å². The van der Waals surface area contributed by atoms with E-state index < -0.39 is 24.3 Å². The Morgan fingerprint density at radius 2 is 1.80 bits per heavy atom. The second kappa shape index (κ2) is 4.72. The van der Waals surface area contributed by atoms with Gasteiger partial charge in [0.05, 0.1) is 11.2 Å². The number of halogens is 1. The summed E-state index contributed by atoms with van der Waals surface area (Å²) in [5.74, 6) is -1.13. The third-order valence-electron chi connectivity index (χ3n) is 3.98. The third-order valence-corrected chi connectivity index (χ3v) is 4.35. The Labute approximate surface area is 123 Å². The number of carbonyl (C=O) groups is 1. The topological polar surface area (TPSA) is 68.7 Å². The maximum Gasteiger partial charge on any atom is 0.495 e. The number of hydrogen-bond donors (Lipinski definition) is 1. The lowest BCUT2D eigenvalue weighted by molar-refractivity contribution is 0.00578. The summed E-state index contributed by atoms with van der Waals surface area (Å²) in [6, 6.07) is 1.45. The van der Waals surface area contributed by atoms with Gasteiger partial charge in [0.15, 0.2) is 0 Å². The molecule has 0 saturated carbocycles. The molecule has 0 aromatic carbocycles. The highest BCUT2D eigenvalue weighted by Crippen LogP contribution is 2.36. The lowest BCUT2D eigenvalue weighted by atomic mass is 9.76. The molecule has 20 heavy (non-hydrogen) atoms. The molecule has 1 aliphatic rings. The van der Waals surface area contributed by atoms with Crippen molar-refractivity contribution in [2.24, 2.45) is 0 Å². The molecule has 0 aliphatic carbocycles. The quantitative estimate of drug-likeness (QED) is 0.668. The van der Waals surface area contributed by atoms with Crippen LogP contribution >= 0.6 is 11.6 Å². The molecule has 2 rings (SSSR count). The molecular formula is C13H17BClNO4. The molecule has 1 saturated heterocycles. The molecule has 1 aromatic rings. The molecule has 0 amide bonds. The number of carboxylic acid groups (broad SMARTS) is 1. The van der Waals surface area contributed by atoms with Crippen molar-refractivity contribution >= 4 is 30.2 Å². The van der Waals surface area contributed by atoms with Gasteiger partial charge in [-0.1, -0.05) is 11.6 Å². The first kappa shape index (κ1) is 15.3. The van der Waals surface area contributed by atoms with E-state index in [-0.39, 0.29) is 10.8 Å². The second-order valence-corrected chi connectivity index (χ2v) is 6.26. The average molecular weight is 298 g/mol. The zero-order valence-electron chi connectivity index (χ0n) is 12.2. The first-order valence-electron chi connectivity index (χ1n) is 6.31. The van der Waals surface area contributed by atoms with Crippen LogP contribution in [0.3, 0.4) is 0 Å². The van der Waals surface area contributed by atoms with Gasteiger partial charge in [-0.25, -0.2) is 9.78 Å². The van der Waals surface area contributed by atoms with E-state index in [1.807, 2.05) is 27.7 Å². The molecule has 1 N–H and O–H groups in total. The van der Waals surface area contributed by atoms with Crippen LogP contribution in [-0.4, -0.2) is 34.4 Å². The van der Waals surface area contributed by atoms with Crippen molar-refractivity contribution in [3.8, 4) is 0 Å². The van der Waals surface area contributed by atoms with Crippen LogP contribution in [0.1, 0.15) is 43.7 Å². The SMILES string of the molecule is Cc1c(B2OC(C)(C)C(C)(C)O2)cc(C(=O)O)nc1Cl. The summed E-state index contributed by atoms with van der Waals surface area (Å²) in [7, 11) is -0.654.